The number of hydrogen-bond donors (Lipinski definition) is 4. The van der Waals surface area contributed by atoms with E-state index in [2.05, 4.69) is 10.6 Å². The number of β-lactam (4-membered cyclic amide) rings is 1. The van der Waals surface area contributed by atoms with Gasteiger partial charge in [-0.05, 0) is 45.2 Å². The Morgan fingerprint density at radius 3 is 2.36 bits per heavy atom. The van der Waals surface area contributed by atoms with Gasteiger partial charge in [0.25, 0.3) is 11.8 Å². The standard InChI is InChI=1S/C16H19N3O5S/c1-15(2)10(12(22)23)19-13(24)16(17-3,14(19)25-15)18-11(21)8-4-6-9(20)7-5-8/h4-7,10,14,17,20H,1-3H3,(H,18,21)(H,22,23)/t10-,14+,16?/m0/s1. The van der Waals surface area contributed by atoms with Crippen LogP contribution in [0.1, 0.15) is 24.2 Å². The molecule has 1 unspecified atom stereocenters. The molecule has 25 heavy (non-hydrogen) atoms. The number of carboxylic acid groups (broad SMARTS) is 1. The van der Waals surface area contributed by atoms with Crippen LogP contribution in [0.2, 0.25) is 0 Å². The van der Waals surface area contributed by atoms with Crippen molar-refractivity contribution in [2.75, 3.05) is 7.05 Å². The van der Waals surface area contributed by atoms with E-state index in [4.69, 9.17) is 0 Å². The van der Waals surface area contributed by atoms with E-state index in [9.17, 15) is 24.6 Å². The van der Waals surface area contributed by atoms with Gasteiger partial charge in [0.05, 0.1) is 0 Å². The quantitative estimate of drug-likeness (QED) is 0.444. The molecule has 4 N–H and O–H groups in total. The van der Waals surface area contributed by atoms with Crippen molar-refractivity contribution in [3.05, 3.63) is 29.8 Å². The Morgan fingerprint density at radius 2 is 1.84 bits per heavy atom. The van der Waals surface area contributed by atoms with Crippen LogP contribution in [0.5, 0.6) is 5.75 Å². The smallest absolute Gasteiger partial charge is 0.327 e. The predicted octanol–water partition coefficient (Wildman–Crippen LogP) is 0.185. The van der Waals surface area contributed by atoms with E-state index in [1.165, 1.54) is 40.9 Å². The maximum absolute atomic E-state index is 12.8. The molecular weight excluding hydrogens is 346 g/mol. The number of aliphatic carboxylic acids is 1. The molecule has 0 radical (unpaired) electrons. The van der Waals surface area contributed by atoms with Gasteiger partial charge < -0.3 is 20.4 Å². The molecule has 9 heteroatoms. The molecule has 2 aliphatic rings. The SMILES string of the molecule is CNC1(NC(=O)c2ccc(O)cc2)C(=O)N2[C@@H](C(=O)O)C(C)(C)S[C@@H]21. The summed E-state index contributed by atoms with van der Waals surface area (Å²) < 4.78 is -0.686. The first-order valence-electron chi connectivity index (χ1n) is 7.68. The van der Waals surface area contributed by atoms with Gasteiger partial charge in [-0.1, -0.05) is 0 Å². The van der Waals surface area contributed by atoms with Gasteiger partial charge in [-0.3, -0.25) is 14.9 Å². The number of amides is 2. The van der Waals surface area contributed by atoms with Gasteiger partial charge in [0.15, 0.2) is 0 Å². The summed E-state index contributed by atoms with van der Waals surface area (Å²) in [5, 5.41) is 23.8. The molecule has 1 aromatic carbocycles. The first-order valence-corrected chi connectivity index (χ1v) is 8.56. The Kier molecular flexibility index (Phi) is 3.96. The summed E-state index contributed by atoms with van der Waals surface area (Å²) in [6.07, 6.45) is 0. The fourth-order valence-electron chi connectivity index (χ4n) is 3.33. The minimum absolute atomic E-state index is 0.0307. The Morgan fingerprint density at radius 1 is 1.24 bits per heavy atom. The van der Waals surface area contributed by atoms with Crippen LogP contribution in [0.3, 0.4) is 0 Å². The van der Waals surface area contributed by atoms with Crippen molar-refractivity contribution in [2.24, 2.45) is 0 Å². The number of carboxylic acids is 1. The fourth-order valence-corrected chi connectivity index (χ4v) is 5.04. The van der Waals surface area contributed by atoms with E-state index in [0.717, 1.165) is 0 Å². The maximum atomic E-state index is 12.8. The van der Waals surface area contributed by atoms with Crippen LogP contribution in [-0.4, -0.2) is 61.8 Å². The van der Waals surface area contributed by atoms with Crippen molar-refractivity contribution in [2.45, 2.75) is 35.7 Å². The summed E-state index contributed by atoms with van der Waals surface area (Å²) >= 11 is 1.34. The molecule has 0 saturated carbocycles. The molecule has 0 aromatic heterocycles. The Balaban J connectivity index is 1.88. The number of benzene rings is 1. The van der Waals surface area contributed by atoms with Crippen molar-refractivity contribution in [3.8, 4) is 5.75 Å². The Labute approximate surface area is 148 Å². The number of nitrogens with one attached hydrogen (secondary N) is 2. The van der Waals surface area contributed by atoms with E-state index >= 15 is 0 Å². The predicted molar refractivity (Wildman–Crippen MR) is 91.1 cm³/mol. The third kappa shape index (κ3) is 2.46. The summed E-state index contributed by atoms with van der Waals surface area (Å²) in [6.45, 7) is 3.54. The second kappa shape index (κ2) is 5.63. The van der Waals surface area contributed by atoms with Crippen LogP contribution in [0.15, 0.2) is 24.3 Å². The number of carbonyl (C=O) groups excluding carboxylic acids is 2. The second-order valence-electron chi connectivity index (χ2n) is 6.59. The van der Waals surface area contributed by atoms with Crippen molar-refractivity contribution in [1.29, 1.82) is 0 Å². The van der Waals surface area contributed by atoms with Crippen LogP contribution in [-0.2, 0) is 9.59 Å². The lowest BCUT2D eigenvalue weighted by molar-refractivity contribution is -0.169. The normalized spacial score (nSPS) is 29.7. The minimum Gasteiger partial charge on any atom is -0.508 e. The Bertz CT molecular complexity index is 751. The fraction of sp³-hybridized carbons (Fsp3) is 0.438. The van der Waals surface area contributed by atoms with Gasteiger partial charge in [-0.15, -0.1) is 11.8 Å². The van der Waals surface area contributed by atoms with Crippen LogP contribution in [0.4, 0.5) is 0 Å². The number of fused-ring (bicyclic) bond motifs is 1. The van der Waals surface area contributed by atoms with Crippen LogP contribution < -0.4 is 10.6 Å². The van der Waals surface area contributed by atoms with Gasteiger partial charge in [0.1, 0.15) is 17.2 Å². The number of rotatable bonds is 4. The molecule has 2 fully saturated rings. The van der Waals surface area contributed by atoms with E-state index < -0.39 is 39.6 Å². The monoisotopic (exact) mass is 365 g/mol. The summed E-state index contributed by atoms with van der Waals surface area (Å²) in [7, 11) is 1.55. The van der Waals surface area contributed by atoms with Crippen LogP contribution in [0.25, 0.3) is 0 Å². The molecule has 2 amide bonds. The number of carbonyl (C=O) groups is 3. The molecule has 2 saturated heterocycles. The first kappa shape index (κ1) is 17.6. The lowest BCUT2D eigenvalue weighted by Gasteiger charge is -2.52. The number of likely N-dealkylation sites (N-methyl/N-ethyl adjacent to an activating group) is 1. The van der Waals surface area contributed by atoms with Crippen molar-refractivity contribution in [1.82, 2.24) is 15.5 Å². The van der Waals surface area contributed by atoms with E-state index in [-0.39, 0.29) is 11.3 Å². The molecule has 1 aromatic rings. The van der Waals surface area contributed by atoms with Crippen molar-refractivity contribution < 1.29 is 24.6 Å². The largest absolute Gasteiger partial charge is 0.508 e. The van der Waals surface area contributed by atoms with Crippen molar-refractivity contribution >= 4 is 29.5 Å². The number of phenolic OH excluding ortho intramolecular Hbond substituents is 1. The Hall–Kier alpha value is -2.26. The molecule has 8 nitrogen and oxygen atoms in total. The molecule has 2 heterocycles. The van der Waals surface area contributed by atoms with Crippen LogP contribution in [0, 0.1) is 0 Å². The third-order valence-electron chi connectivity index (χ3n) is 4.62. The van der Waals surface area contributed by atoms with Crippen molar-refractivity contribution in [3.63, 3.8) is 0 Å². The minimum atomic E-state index is -1.36. The lowest BCUT2D eigenvalue weighted by atomic mass is 9.91. The van der Waals surface area contributed by atoms with E-state index in [1.54, 1.807) is 20.9 Å². The zero-order chi connectivity index (χ0) is 18.6. The van der Waals surface area contributed by atoms with E-state index in [1.807, 2.05) is 0 Å². The zero-order valence-corrected chi connectivity index (χ0v) is 14.8. The topological polar surface area (TPSA) is 119 Å². The number of phenols is 1. The third-order valence-corrected chi connectivity index (χ3v) is 6.25. The highest BCUT2D eigenvalue weighted by Crippen LogP contribution is 2.53. The van der Waals surface area contributed by atoms with E-state index in [0.29, 0.717) is 0 Å². The lowest BCUT2D eigenvalue weighted by Crippen LogP contribution is -2.84. The molecule has 3 rings (SSSR count). The van der Waals surface area contributed by atoms with Gasteiger partial charge in [0, 0.05) is 10.3 Å². The number of aromatic hydroxyl groups is 1. The molecule has 0 spiro atoms. The molecule has 3 atom stereocenters. The first-order chi connectivity index (χ1) is 11.6. The zero-order valence-electron chi connectivity index (χ0n) is 13.9. The molecule has 0 aliphatic carbocycles. The summed E-state index contributed by atoms with van der Waals surface area (Å²) in [5.74, 6) is -2.00. The summed E-state index contributed by atoms with van der Waals surface area (Å²) in [5.41, 5.74) is -1.07. The molecule has 134 valence electrons. The van der Waals surface area contributed by atoms with Gasteiger partial charge >= 0.3 is 5.97 Å². The maximum Gasteiger partial charge on any atom is 0.327 e. The average Bonchev–Trinajstić information content (AvgIpc) is 2.82. The molecule has 0 bridgehead atoms. The highest BCUT2D eigenvalue weighted by atomic mass is 32.2. The van der Waals surface area contributed by atoms with Gasteiger partial charge in [0.2, 0.25) is 5.66 Å². The number of hydrogen-bond acceptors (Lipinski definition) is 6. The molecule has 2 aliphatic heterocycles. The number of thioether (sulfide) groups is 1. The summed E-state index contributed by atoms with van der Waals surface area (Å²) in [6, 6.07) is 4.69. The highest BCUT2D eigenvalue weighted by Gasteiger charge is 2.71. The second-order valence-corrected chi connectivity index (χ2v) is 8.32. The highest BCUT2D eigenvalue weighted by molar-refractivity contribution is 8.01. The average molecular weight is 365 g/mol. The summed E-state index contributed by atoms with van der Waals surface area (Å²) in [4.78, 5) is 38.2. The van der Waals surface area contributed by atoms with Gasteiger partial charge in [-0.2, -0.15) is 0 Å². The molecular formula is C16H19N3O5S. The van der Waals surface area contributed by atoms with Gasteiger partial charge in [-0.25, -0.2) is 4.79 Å². The van der Waals surface area contributed by atoms with Crippen LogP contribution >= 0.6 is 11.8 Å². The number of nitrogens with zero attached hydrogens (tertiary/aromatic N) is 1.